The number of hydrogen-bond acceptors (Lipinski definition) is 1. The summed E-state index contributed by atoms with van der Waals surface area (Å²) < 4.78 is 0. The molecule has 0 radical (unpaired) electrons. The molecule has 116 valence electrons. The minimum atomic E-state index is -0.705. The maximum atomic E-state index is 11.3. The SMILES string of the molecule is CCCC/C(CC(C)(C)C(=O)O)=C(/C)CCC=C(C)C. The molecule has 0 aromatic heterocycles. The normalized spacial score (nSPS) is 12.9. The lowest BCUT2D eigenvalue weighted by Crippen LogP contribution is -2.24. The van der Waals surface area contributed by atoms with Crippen molar-refractivity contribution in [2.75, 3.05) is 0 Å². The number of unbranched alkanes of at least 4 members (excludes halogenated alkanes) is 1. The molecule has 0 unspecified atom stereocenters. The first-order valence-corrected chi connectivity index (χ1v) is 7.75. The van der Waals surface area contributed by atoms with Gasteiger partial charge in [-0.2, -0.15) is 0 Å². The second kappa shape index (κ2) is 8.99. The smallest absolute Gasteiger partial charge is 0.309 e. The van der Waals surface area contributed by atoms with Crippen LogP contribution in [0.1, 0.15) is 80.1 Å². The highest BCUT2D eigenvalue weighted by molar-refractivity contribution is 5.74. The first kappa shape index (κ1) is 18.9. The summed E-state index contributed by atoms with van der Waals surface area (Å²) in [5.41, 5.74) is 3.41. The van der Waals surface area contributed by atoms with E-state index in [1.54, 1.807) is 0 Å². The highest BCUT2D eigenvalue weighted by Crippen LogP contribution is 2.31. The molecule has 0 aliphatic carbocycles. The third-order valence-corrected chi connectivity index (χ3v) is 3.74. The second-order valence-electron chi connectivity index (χ2n) is 6.67. The van der Waals surface area contributed by atoms with Crippen molar-refractivity contribution in [1.29, 1.82) is 0 Å². The van der Waals surface area contributed by atoms with Crippen LogP contribution in [0.15, 0.2) is 22.8 Å². The first-order valence-electron chi connectivity index (χ1n) is 7.75. The van der Waals surface area contributed by atoms with Crippen molar-refractivity contribution in [3.63, 3.8) is 0 Å². The molecule has 0 saturated heterocycles. The quantitative estimate of drug-likeness (QED) is 0.547. The fourth-order valence-electron chi connectivity index (χ4n) is 2.21. The molecule has 2 heteroatoms. The summed E-state index contributed by atoms with van der Waals surface area (Å²) in [5, 5.41) is 9.31. The van der Waals surface area contributed by atoms with E-state index in [-0.39, 0.29) is 0 Å². The van der Waals surface area contributed by atoms with E-state index < -0.39 is 11.4 Å². The van der Waals surface area contributed by atoms with E-state index >= 15 is 0 Å². The zero-order valence-electron chi connectivity index (χ0n) is 14.2. The molecular weight excluding hydrogens is 248 g/mol. The third-order valence-electron chi connectivity index (χ3n) is 3.74. The lowest BCUT2D eigenvalue weighted by Gasteiger charge is -2.23. The highest BCUT2D eigenvalue weighted by Gasteiger charge is 2.28. The van der Waals surface area contributed by atoms with Crippen LogP contribution in [-0.4, -0.2) is 11.1 Å². The van der Waals surface area contributed by atoms with Crippen molar-refractivity contribution in [3.05, 3.63) is 22.8 Å². The van der Waals surface area contributed by atoms with Crippen LogP contribution < -0.4 is 0 Å². The van der Waals surface area contributed by atoms with E-state index in [1.807, 2.05) is 13.8 Å². The van der Waals surface area contributed by atoms with Crippen LogP contribution in [0.25, 0.3) is 0 Å². The molecule has 0 saturated carbocycles. The number of aliphatic carboxylic acids is 1. The van der Waals surface area contributed by atoms with E-state index in [0.29, 0.717) is 6.42 Å². The van der Waals surface area contributed by atoms with Gasteiger partial charge in [-0.1, -0.05) is 36.1 Å². The Labute approximate surface area is 125 Å². The number of carboxylic acids is 1. The van der Waals surface area contributed by atoms with E-state index in [4.69, 9.17) is 0 Å². The van der Waals surface area contributed by atoms with E-state index in [2.05, 4.69) is 33.8 Å². The summed E-state index contributed by atoms with van der Waals surface area (Å²) in [5.74, 6) is -0.705. The van der Waals surface area contributed by atoms with Crippen LogP contribution in [0, 0.1) is 5.41 Å². The zero-order chi connectivity index (χ0) is 15.8. The molecule has 0 heterocycles. The summed E-state index contributed by atoms with van der Waals surface area (Å²) >= 11 is 0. The Morgan fingerprint density at radius 3 is 2.20 bits per heavy atom. The average molecular weight is 280 g/mol. The standard InChI is InChI=1S/C18H32O2/c1-7-8-12-16(13-18(5,6)17(19)20)15(4)11-9-10-14(2)3/h10H,7-9,11-13H2,1-6H3,(H,19,20)/b16-15+. The summed E-state index contributed by atoms with van der Waals surface area (Å²) in [6.07, 6.45) is 8.35. The summed E-state index contributed by atoms with van der Waals surface area (Å²) in [7, 11) is 0. The molecule has 0 fully saturated rings. The van der Waals surface area contributed by atoms with Gasteiger partial charge in [0.05, 0.1) is 5.41 Å². The van der Waals surface area contributed by atoms with Crippen LogP contribution in [0.2, 0.25) is 0 Å². The predicted octanol–water partition coefficient (Wildman–Crippen LogP) is 5.74. The minimum Gasteiger partial charge on any atom is -0.481 e. The Balaban J connectivity index is 4.92. The lowest BCUT2D eigenvalue weighted by molar-refractivity contribution is -0.146. The largest absolute Gasteiger partial charge is 0.481 e. The third kappa shape index (κ3) is 7.52. The molecular formula is C18H32O2. The molecule has 0 aromatic rings. The second-order valence-corrected chi connectivity index (χ2v) is 6.67. The van der Waals surface area contributed by atoms with Gasteiger partial charge in [0.15, 0.2) is 0 Å². The Morgan fingerprint density at radius 1 is 1.15 bits per heavy atom. The lowest BCUT2D eigenvalue weighted by atomic mass is 9.82. The summed E-state index contributed by atoms with van der Waals surface area (Å²) in [4.78, 5) is 11.3. The van der Waals surface area contributed by atoms with Crippen molar-refractivity contribution in [2.45, 2.75) is 80.1 Å². The van der Waals surface area contributed by atoms with Gasteiger partial charge in [0.1, 0.15) is 0 Å². The van der Waals surface area contributed by atoms with E-state index in [1.165, 1.54) is 16.7 Å². The highest BCUT2D eigenvalue weighted by atomic mass is 16.4. The Bertz CT molecular complexity index is 369. The van der Waals surface area contributed by atoms with Crippen molar-refractivity contribution < 1.29 is 9.90 Å². The van der Waals surface area contributed by atoms with Gasteiger partial charge in [0.25, 0.3) is 0 Å². The molecule has 0 amide bonds. The molecule has 2 nitrogen and oxygen atoms in total. The Kier molecular flexibility index (Phi) is 8.52. The molecule has 0 aliphatic heterocycles. The van der Waals surface area contributed by atoms with Crippen LogP contribution in [0.3, 0.4) is 0 Å². The topological polar surface area (TPSA) is 37.3 Å². The molecule has 0 aliphatic rings. The Hall–Kier alpha value is -1.05. The average Bonchev–Trinajstić information content (AvgIpc) is 2.33. The van der Waals surface area contributed by atoms with Gasteiger partial charge in [0.2, 0.25) is 0 Å². The van der Waals surface area contributed by atoms with Gasteiger partial charge in [-0.15, -0.1) is 0 Å². The number of hydrogen-bond donors (Lipinski definition) is 1. The Morgan fingerprint density at radius 2 is 1.75 bits per heavy atom. The molecule has 20 heavy (non-hydrogen) atoms. The fraction of sp³-hybridized carbons (Fsp3) is 0.722. The van der Waals surface area contributed by atoms with Gasteiger partial charge in [0, 0.05) is 0 Å². The first-order chi connectivity index (χ1) is 9.20. The van der Waals surface area contributed by atoms with Gasteiger partial charge in [-0.05, 0) is 66.7 Å². The molecule has 0 aromatic carbocycles. The van der Waals surface area contributed by atoms with Crippen molar-refractivity contribution >= 4 is 5.97 Å². The van der Waals surface area contributed by atoms with Crippen molar-refractivity contribution in [3.8, 4) is 0 Å². The van der Waals surface area contributed by atoms with Crippen LogP contribution in [0.4, 0.5) is 0 Å². The maximum absolute atomic E-state index is 11.3. The number of carbonyl (C=O) groups is 1. The zero-order valence-corrected chi connectivity index (χ0v) is 14.2. The van der Waals surface area contributed by atoms with Crippen LogP contribution in [-0.2, 0) is 4.79 Å². The van der Waals surface area contributed by atoms with Crippen molar-refractivity contribution in [1.82, 2.24) is 0 Å². The van der Waals surface area contributed by atoms with E-state index in [9.17, 15) is 9.90 Å². The number of allylic oxidation sites excluding steroid dienone is 4. The number of rotatable bonds is 9. The predicted molar refractivity (Wildman–Crippen MR) is 86.9 cm³/mol. The monoisotopic (exact) mass is 280 g/mol. The molecule has 0 spiro atoms. The van der Waals surface area contributed by atoms with Crippen LogP contribution >= 0.6 is 0 Å². The van der Waals surface area contributed by atoms with Crippen molar-refractivity contribution in [2.24, 2.45) is 5.41 Å². The molecule has 1 N–H and O–H groups in total. The minimum absolute atomic E-state index is 0.666. The fourth-order valence-corrected chi connectivity index (χ4v) is 2.21. The molecule has 0 atom stereocenters. The van der Waals surface area contributed by atoms with Gasteiger partial charge in [-0.25, -0.2) is 0 Å². The maximum Gasteiger partial charge on any atom is 0.309 e. The molecule has 0 bridgehead atoms. The summed E-state index contributed by atoms with van der Waals surface area (Å²) in [6.45, 7) is 12.2. The van der Waals surface area contributed by atoms with E-state index in [0.717, 1.165) is 32.1 Å². The van der Waals surface area contributed by atoms with Gasteiger partial charge < -0.3 is 5.11 Å². The van der Waals surface area contributed by atoms with Gasteiger partial charge >= 0.3 is 5.97 Å². The molecule has 0 rings (SSSR count). The van der Waals surface area contributed by atoms with Crippen LogP contribution in [0.5, 0.6) is 0 Å². The van der Waals surface area contributed by atoms with Gasteiger partial charge in [-0.3, -0.25) is 4.79 Å². The summed E-state index contributed by atoms with van der Waals surface area (Å²) in [6, 6.07) is 0. The number of carboxylic acid groups (broad SMARTS) is 1.